The number of carbonyl (C=O) groups is 1. The number of anilines is 1. The molecule has 0 saturated carbocycles. The lowest BCUT2D eigenvalue weighted by Gasteiger charge is -2.12. The van der Waals surface area contributed by atoms with E-state index < -0.39 is 18.6 Å². The number of nitrogens with one attached hydrogen (secondary N) is 1. The SMILES string of the molecule is O=C(Nc1cccnc1Cl)c1cccn1CC(F)(F)F. The van der Waals surface area contributed by atoms with Crippen LogP contribution in [0.1, 0.15) is 10.5 Å². The standard InChI is InChI=1S/C12H9ClF3N3O/c13-10-8(3-1-5-17-10)18-11(20)9-4-2-6-19(9)7-12(14,15)16/h1-6H,7H2,(H,18,20). The van der Waals surface area contributed by atoms with Gasteiger partial charge in [-0.15, -0.1) is 0 Å². The summed E-state index contributed by atoms with van der Waals surface area (Å²) in [6, 6.07) is 5.72. The van der Waals surface area contributed by atoms with E-state index in [1.807, 2.05) is 0 Å². The quantitative estimate of drug-likeness (QED) is 0.884. The van der Waals surface area contributed by atoms with Crippen LogP contribution in [-0.4, -0.2) is 21.6 Å². The van der Waals surface area contributed by atoms with Crippen molar-refractivity contribution in [3.63, 3.8) is 0 Å². The second-order valence-electron chi connectivity index (χ2n) is 3.93. The highest BCUT2D eigenvalue weighted by molar-refractivity contribution is 6.32. The van der Waals surface area contributed by atoms with E-state index in [1.165, 1.54) is 30.6 Å². The minimum Gasteiger partial charge on any atom is -0.334 e. The summed E-state index contributed by atoms with van der Waals surface area (Å²) in [5.74, 6) is -0.686. The normalized spacial score (nSPS) is 11.4. The summed E-state index contributed by atoms with van der Waals surface area (Å²) in [6.45, 7) is -1.23. The minimum atomic E-state index is -4.40. The Morgan fingerprint density at radius 1 is 1.35 bits per heavy atom. The maximum Gasteiger partial charge on any atom is 0.406 e. The molecule has 0 aliphatic heterocycles. The van der Waals surface area contributed by atoms with Crippen LogP contribution in [0.4, 0.5) is 18.9 Å². The molecule has 0 fully saturated rings. The molecule has 1 N–H and O–H groups in total. The van der Waals surface area contributed by atoms with E-state index >= 15 is 0 Å². The van der Waals surface area contributed by atoms with Crippen LogP contribution >= 0.6 is 11.6 Å². The Labute approximate surface area is 117 Å². The molecule has 2 aromatic rings. The van der Waals surface area contributed by atoms with Crippen molar-refractivity contribution in [2.24, 2.45) is 0 Å². The molecular formula is C12H9ClF3N3O. The van der Waals surface area contributed by atoms with Gasteiger partial charge >= 0.3 is 6.18 Å². The zero-order chi connectivity index (χ0) is 14.8. The summed E-state index contributed by atoms with van der Waals surface area (Å²) in [6.07, 6.45) is -1.78. The lowest BCUT2D eigenvalue weighted by Crippen LogP contribution is -2.23. The van der Waals surface area contributed by atoms with E-state index in [2.05, 4.69) is 10.3 Å². The Balaban J connectivity index is 2.19. The first-order valence-corrected chi connectivity index (χ1v) is 5.88. The number of nitrogens with zero attached hydrogens (tertiary/aromatic N) is 2. The molecule has 0 atom stereocenters. The second-order valence-corrected chi connectivity index (χ2v) is 4.29. The Hall–Kier alpha value is -2.02. The third-order valence-electron chi connectivity index (χ3n) is 2.42. The van der Waals surface area contributed by atoms with Gasteiger partial charge in [-0.25, -0.2) is 4.98 Å². The van der Waals surface area contributed by atoms with Crippen LogP contribution in [0.2, 0.25) is 5.15 Å². The summed E-state index contributed by atoms with van der Waals surface area (Å²) in [5.41, 5.74) is 0.126. The summed E-state index contributed by atoms with van der Waals surface area (Å²) in [5, 5.41) is 2.48. The molecule has 0 aromatic carbocycles. The molecule has 0 unspecified atom stereocenters. The van der Waals surface area contributed by atoms with Gasteiger partial charge in [-0.05, 0) is 24.3 Å². The molecule has 2 aromatic heterocycles. The van der Waals surface area contributed by atoms with Crippen LogP contribution in [-0.2, 0) is 6.54 Å². The molecule has 0 aliphatic carbocycles. The summed E-state index contributed by atoms with van der Waals surface area (Å²) >= 11 is 5.76. The van der Waals surface area contributed by atoms with Crippen LogP contribution in [0.3, 0.4) is 0 Å². The van der Waals surface area contributed by atoms with Crippen LogP contribution in [0.5, 0.6) is 0 Å². The Kier molecular flexibility index (Phi) is 3.99. The van der Waals surface area contributed by atoms with Crippen molar-refractivity contribution >= 4 is 23.2 Å². The monoisotopic (exact) mass is 303 g/mol. The third-order valence-corrected chi connectivity index (χ3v) is 2.72. The molecule has 8 heteroatoms. The number of rotatable bonds is 3. The summed E-state index contributed by atoms with van der Waals surface area (Å²) in [4.78, 5) is 15.7. The molecule has 2 heterocycles. The highest BCUT2D eigenvalue weighted by Gasteiger charge is 2.29. The predicted octanol–water partition coefficient (Wildman–Crippen LogP) is 3.35. The number of amides is 1. The van der Waals surface area contributed by atoms with Crippen molar-refractivity contribution in [1.29, 1.82) is 0 Å². The van der Waals surface area contributed by atoms with Gasteiger partial charge in [0.05, 0.1) is 5.69 Å². The first kappa shape index (κ1) is 14.4. The lowest BCUT2D eigenvalue weighted by atomic mass is 10.3. The van der Waals surface area contributed by atoms with Gasteiger partial charge in [0.25, 0.3) is 5.91 Å². The Bertz CT molecular complexity index is 624. The van der Waals surface area contributed by atoms with E-state index in [-0.39, 0.29) is 16.5 Å². The average Bonchev–Trinajstić information content (AvgIpc) is 2.77. The third kappa shape index (κ3) is 3.51. The summed E-state index contributed by atoms with van der Waals surface area (Å²) < 4.78 is 37.9. The highest BCUT2D eigenvalue weighted by atomic mass is 35.5. The van der Waals surface area contributed by atoms with Crippen molar-refractivity contribution in [3.05, 3.63) is 47.5 Å². The first-order chi connectivity index (χ1) is 9.37. The molecule has 0 bridgehead atoms. The molecule has 0 spiro atoms. The molecule has 20 heavy (non-hydrogen) atoms. The largest absolute Gasteiger partial charge is 0.406 e. The van der Waals surface area contributed by atoms with Gasteiger partial charge in [0.15, 0.2) is 5.15 Å². The number of alkyl halides is 3. The van der Waals surface area contributed by atoms with E-state index in [0.717, 1.165) is 4.57 Å². The van der Waals surface area contributed by atoms with Crippen LogP contribution in [0.15, 0.2) is 36.7 Å². The minimum absolute atomic E-state index is 0.0646. The number of pyridine rings is 1. The molecule has 0 aliphatic rings. The first-order valence-electron chi connectivity index (χ1n) is 5.50. The van der Waals surface area contributed by atoms with E-state index in [9.17, 15) is 18.0 Å². The van der Waals surface area contributed by atoms with Crippen molar-refractivity contribution in [1.82, 2.24) is 9.55 Å². The number of halogens is 4. The predicted molar refractivity (Wildman–Crippen MR) is 67.7 cm³/mol. The fraction of sp³-hybridized carbons (Fsp3) is 0.167. The maximum absolute atomic E-state index is 12.4. The van der Waals surface area contributed by atoms with Crippen LogP contribution in [0, 0.1) is 0 Å². The molecule has 1 amide bonds. The Morgan fingerprint density at radius 2 is 2.10 bits per heavy atom. The van der Waals surface area contributed by atoms with Gasteiger partial charge in [0, 0.05) is 12.4 Å². The summed E-state index contributed by atoms with van der Waals surface area (Å²) in [7, 11) is 0. The topological polar surface area (TPSA) is 46.9 Å². The number of carbonyl (C=O) groups excluding carboxylic acids is 1. The molecule has 4 nitrogen and oxygen atoms in total. The number of aromatic nitrogens is 2. The zero-order valence-electron chi connectivity index (χ0n) is 9.99. The van der Waals surface area contributed by atoms with E-state index in [1.54, 1.807) is 6.07 Å². The van der Waals surface area contributed by atoms with Crippen LogP contribution in [0.25, 0.3) is 0 Å². The van der Waals surface area contributed by atoms with Gasteiger partial charge in [-0.1, -0.05) is 11.6 Å². The van der Waals surface area contributed by atoms with Gasteiger partial charge in [0.1, 0.15) is 12.2 Å². The second kappa shape index (κ2) is 5.54. The lowest BCUT2D eigenvalue weighted by molar-refractivity contribution is -0.140. The number of hydrogen-bond acceptors (Lipinski definition) is 2. The molecule has 106 valence electrons. The average molecular weight is 304 g/mol. The van der Waals surface area contributed by atoms with E-state index in [0.29, 0.717) is 0 Å². The van der Waals surface area contributed by atoms with Crippen LogP contribution < -0.4 is 5.32 Å². The van der Waals surface area contributed by atoms with Crippen molar-refractivity contribution in [2.45, 2.75) is 12.7 Å². The molecule has 0 radical (unpaired) electrons. The number of hydrogen-bond donors (Lipinski definition) is 1. The smallest absolute Gasteiger partial charge is 0.334 e. The fourth-order valence-corrected chi connectivity index (χ4v) is 1.78. The molecular weight excluding hydrogens is 295 g/mol. The van der Waals surface area contributed by atoms with Crippen molar-refractivity contribution < 1.29 is 18.0 Å². The molecule has 0 saturated heterocycles. The molecule has 2 rings (SSSR count). The van der Waals surface area contributed by atoms with Crippen molar-refractivity contribution in [2.75, 3.05) is 5.32 Å². The zero-order valence-corrected chi connectivity index (χ0v) is 10.7. The van der Waals surface area contributed by atoms with Gasteiger partial charge in [-0.2, -0.15) is 13.2 Å². The maximum atomic E-state index is 12.4. The van der Waals surface area contributed by atoms with Crippen molar-refractivity contribution in [3.8, 4) is 0 Å². The van der Waals surface area contributed by atoms with Gasteiger partial charge in [0.2, 0.25) is 0 Å². The van der Waals surface area contributed by atoms with Gasteiger partial charge in [-0.3, -0.25) is 4.79 Å². The van der Waals surface area contributed by atoms with E-state index in [4.69, 9.17) is 11.6 Å². The fourth-order valence-electron chi connectivity index (χ4n) is 1.62. The highest BCUT2D eigenvalue weighted by Crippen LogP contribution is 2.21. The van der Waals surface area contributed by atoms with Gasteiger partial charge < -0.3 is 9.88 Å². The Morgan fingerprint density at radius 3 is 2.75 bits per heavy atom.